The molecule has 0 fully saturated rings. The smallest absolute Gasteiger partial charge is 0.350 e. The number of carbonyl (C=O) groups excluding carboxylic acids is 1. The van der Waals surface area contributed by atoms with Crippen LogP contribution in [0.1, 0.15) is 102 Å². The monoisotopic (exact) mass is 524 g/mol. The molecule has 0 radical (unpaired) electrons. The summed E-state index contributed by atoms with van der Waals surface area (Å²) in [5.41, 5.74) is 1.09. The van der Waals surface area contributed by atoms with E-state index in [9.17, 15) is 9.36 Å². The molecule has 1 amide bonds. The molecule has 1 atom stereocenters. The Kier molecular flexibility index (Phi) is 19.5. The fourth-order valence-corrected chi connectivity index (χ4v) is 4.36. The largest absolute Gasteiger partial charge is 0.469 e. The van der Waals surface area contributed by atoms with Gasteiger partial charge in [0.25, 0.3) is 0 Å². The van der Waals surface area contributed by atoms with E-state index in [1.54, 1.807) is 0 Å². The van der Waals surface area contributed by atoms with E-state index in [0.29, 0.717) is 19.5 Å². The van der Waals surface area contributed by atoms with Gasteiger partial charge < -0.3 is 20.4 Å². The highest BCUT2D eigenvalue weighted by atomic mass is 31.2. The van der Waals surface area contributed by atoms with E-state index in [1.165, 1.54) is 57.8 Å². The van der Waals surface area contributed by atoms with Crippen molar-refractivity contribution in [1.29, 1.82) is 0 Å². The van der Waals surface area contributed by atoms with Gasteiger partial charge in [0.1, 0.15) is 0 Å². The molecule has 0 bridgehead atoms. The zero-order chi connectivity index (χ0) is 26.3. The van der Waals surface area contributed by atoms with Gasteiger partial charge in [-0.3, -0.25) is 9.32 Å². The SMILES string of the molecule is CCCCCCCC/C=C\CCCCCCCC(=O)N[C@@H](CNCc1ccccc1)COP(=O)(O)O. The molecule has 0 saturated carbocycles. The number of hydrogen-bond acceptors (Lipinski definition) is 4. The summed E-state index contributed by atoms with van der Waals surface area (Å²) in [6, 6.07) is 9.29. The molecule has 0 saturated heterocycles. The molecular formula is C28H49N2O5P. The molecule has 1 aromatic carbocycles. The number of hydrogen-bond donors (Lipinski definition) is 4. The van der Waals surface area contributed by atoms with Gasteiger partial charge in [-0.2, -0.15) is 0 Å². The predicted octanol–water partition coefficient (Wildman–Crippen LogP) is 6.41. The maximum absolute atomic E-state index is 12.3. The van der Waals surface area contributed by atoms with Gasteiger partial charge in [0.2, 0.25) is 5.91 Å². The average Bonchev–Trinajstić information content (AvgIpc) is 2.85. The molecule has 1 rings (SSSR count). The van der Waals surface area contributed by atoms with Crippen molar-refractivity contribution in [2.24, 2.45) is 0 Å². The molecule has 206 valence electrons. The number of carbonyl (C=O) groups is 1. The van der Waals surface area contributed by atoms with Crippen molar-refractivity contribution in [3.8, 4) is 0 Å². The van der Waals surface area contributed by atoms with Gasteiger partial charge >= 0.3 is 7.82 Å². The summed E-state index contributed by atoms with van der Waals surface area (Å²) in [6.07, 6.45) is 20.7. The molecular weight excluding hydrogens is 475 g/mol. The third-order valence-corrected chi connectivity index (χ3v) is 6.52. The molecule has 0 aromatic heterocycles. The number of allylic oxidation sites excluding steroid dienone is 2. The first-order valence-corrected chi connectivity index (χ1v) is 15.3. The molecule has 0 spiro atoms. The molecule has 0 unspecified atom stereocenters. The van der Waals surface area contributed by atoms with Crippen molar-refractivity contribution in [3.05, 3.63) is 48.0 Å². The second kappa shape index (κ2) is 21.6. The second-order valence-corrected chi connectivity index (χ2v) is 10.7. The highest BCUT2D eigenvalue weighted by Crippen LogP contribution is 2.35. The first kappa shape index (κ1) is 32.5. The Balaban J connectivity index is 2.11. The van der Waals surface area contributed by atoms with Crippen LogP contribution in [0.15, 0.2) is 42.5 Å². The Morgan fingerprint density at radius 3 is 2.11 bits per heavy atom. The number of amides is 1. The number of phosphoric ester groups is 1. The molecule has 4 N–H and O–H groups in total. The van der Waals surface area contributed by atoms with Crippen LogP contribution >= 0.6 is 7.82 Å². The summed E-state index contributed by atoms with van der Waals surface area (Å²) in [6.45, 7) is 2.95. The zero-order valence-electron chi connectivity index (χ0n) is 22.2. The summed E-state index contributed by atoms with van der Waals surface area (Å²) in [7, 11) is -4.59. The van der Waals surface area contributed by atoms with Gasteiger partial charge in [0.15, 0.2) is 0 Å². The Morgan fingerprint density at radius 2 is 1.50 bits per heavy atom. The Bertz CT molecular complexity index is 739. The quantitative estimate of drug-likeness (QED) is 0.0749. The zero-order valence-corrected chi connectivity index (χ0v) is 23.1. The van der Waals surface area contributed by atoms with E-state index in [4.69, 9.17) is 9.79 Å². The number of benzene rings is 1. The number of nitrogens with one attached hydrogen (secondary N) is 2. The summed E-state index contributed by atoms with van der Waals surface area (Å²) < 4.78 is 15.7. The van der Waals surface area contributed by atoms with E-state index in [-0.39, 0.29) is 12.5 Å². The van der Waals surface area contributed by atoms with Gasteiger partial charge in [-0.1, -0.05) is 101 Å². The van der Waals surface area contributed by atoms with Crippen molar-refractivity contribution < 1.29 is 23.7 Å². The van der Waals surface area contributed by atoms with E-state index in [2.05, 4.69) is 34.2 Å². The summed E-state index contributed by atoms with van der Waals surface area (Å²) in [4.78, 5) is 30.4. The standard InChI is InChI=1S/C28H49N2O5P/c1-2-3-4-5-6-7-8-9-10-11-12-13-14-15-19-22-28(31)30-27(25-35-36(32,33)34)24-29-23-26-20-17-16-18-21-26/h9-10,16-18,20-21,27,29H,2-8,11-15,19,22-25H2,1H3,(H,30,31)(H2,32,33,34)/b10-9-/t27-/m0/s1. The highest BCUT2D eigenvalue weighted by molar-refractivity contribution is 7.46. The van der Waals surface area contributed by atoms with Crippen LogP contribution < -0.4 is 10.6 Å². The van der Waals surface area contributed by atoms with Crippen molar-refractivity contribution >= 4 is 13.7 Å². The fourth-order valence-electron chi connectivity index (χ4n) is 3.98. The number of unbranched alkanes of at least 4 members (excludes halogenated alkanes) is 11. The third kappa shape index (κ3) is 20.7. The normalized spacial score (nSPS) is 12.8. The van der Waals surface area contributed by atoms with Crippen LogP contribution in [0.5, 0.6) is 0 Å². The summed E-state index contributed by atoms with van der Waals surface area (Å²) in [5.74, 6) is -0.117. The Labute approximate surface area is 218 Å². The van der Waals surface area contributed by atoms with Gasteiger partial charge in [0, 0.05) is 19.5 Å². The predicted molar refractivity (Wildman–Crippen MR) is 148 cm³/mol. The van der Waals surface area contributed by atoms with Crippen molar-refractivity contribution in [3.63, 3.8) is 0 Å². The van der Waals surface area contributed by atoms with Crippen molar-refractivity contribution in [2.45, 2.75) is 109 Å². The fraction of sp³-hybridized carbons (Fsp3) is 0.679. The molecule has 1 aromatic rings. The first-order chi connectivity index (χ1) is 17.4. The van der Waals surface area contributed by atoms with E-state index >= 15 is 0 Å². The summed E-state index contributed by atoms with van der Waals surface area (Å²) in [5, 5.41) is 6.06. The molecule has 0 heterocycles. The molecule has 0 aliphatic heterocycles. The lowest BCUT2D eigenvalue weighted by Gasteiger charge is -2.20. The van der Waals surface area contributed by atoms with Crippen LogP contribution in [-0.2, 0) is 20.4 Å². The summed E-state index contributed by atoms with van der Waals surface area (Å²) >= 11 is 0. The van der Waals surface area contributed by atoms with Crippen LogP contribution in [0, 0.1) is 0 Å². The van der Waals surface area contributed by atoms with Gasteiger partial charge in [0.05, 0.1) is 12.6 Å². The maximum Gasteiger partial charge on any atom is 0.469 e. The van der Waals surface area contributed by atoms with E-state index in [0.717, 1.165) is 31.2 Å². The van der Waals surface area contributed by atoms with Crippen molar-refractivity contribution in [1.82, 2.24) is 10.6 Å². The topological polar surface area (TPSA) is 108 Å². The Hall–Kier alpha value is -1.50. The molecule has 8 heteroatoms. The van der Waals surface area contributed by atoms with E-state index in [1.807, 2.05) is 30.3 Å². The lowest BCUT2D eigenvalue weighted by molar-refractivity contribution is -0.122. The maximum atomic E-state index is 12.3. The van der Waals surface area contributed by atoms with Crippen molar-refractivity contribution in [2.75, 3.05) is 13.2 Å². The van der Waals surface area contributed by atoms with Crippen LogP contribution in [0.2, 0.25) is 0 Å². The minimum absolute atomic E-state index is 0.117. The lowest BCUT2D eigenvalue weighted by atomic mass is 10.1. The van der Waals surface area contributed by atoms with Gasteiger partial charge in [-0.15, -0.1) is 0 Å². The first-order valence-electron chi connectivity index (χ1n) is 13.8. The van der Waals surface area contributed by atoms with Gasteiger partial charge in [-0.05, 0) is 37.7 Å². The Morgan fingerprint density at radius 1 is 0.917 bits per heavy atom. The average molecular weight is 525 g/mol. The number of phosphoric acid groups is 1. The molecule has 7 nitrogen and oxygen atoms in total. The minimum atomic E-state index is -4.59. The van der Waals surface area contributed by atoms with Crippen LogP contribution in [-0.4, -0.2) is 34.9 Å². The molecule has 36 heavy (non-hydrogen) atoms. The van der Waals surface area contributed by atoms with Crippen LogP contribution in [0.25, 0.3) is 0 Å². The second-order valence-electron chi connectivity index (χ2n) is 9.50. The van der Waals surface area contributed by atoms with Gasteiger partial charge in [-0.25, -0.2) is 4.57 Å². The molecule has 0 aliphatic rings. The van der Waals surface area contributed by atoms with Crippen LogP contribution in [0.4, 0.5) is 0 Å². The molecule has 0 aliphatic carbocycles. The highest BCUT2D eigenvalue weighted by Gasteiger charge is 2.19. The third-order valence-electron chi connectivity index (χ3n) is 6.04. The minimum Gasteiger partial charge on any atom is -0.350 e. The number of rotatable bonds is 23. The van der Waals surface area contributed by atoms with Crippen LogP contribution in [0.3, 0.4) is 0 Å². The van der Waals surface area contributed by atoms with E-state index < -0.39 is 13.9 Å². The lowest BCUT2D eigenvalue weighted by Crippen LogP contribution is -2.44.